The number of carbonyl (C=O) groups is 2. The van der Waals surface area contributed by atoms with Gasteiger partial charge in [0.2, 0.25) is 0 Å². The SMILES string of the molecule is CCCN(OCCNC(=O)O)C(=O)C1=Cc2cnncc2N=C(N)C1. The summed E-state index contributed by atoms with van der Waals surface area (Å²) in [6.45, 7) is 2.38. The van der Waals surface area contributed by atoms with Gasteiger partial charge in [-0.1, -0.05) is 6.92 Å². The Morgan fingerprint density at radius 1 is 1.40 bits per heavy atom. The number of nitrogens with zero attached hydrogens (tertiary/aromatic N) is 4. The highest BCUT2D eigenvalue weighted by atomic mass is 16.7. The summed E-state index contributed by atoms with van der Waals surface area (Å²) in [6, 6.07) is 0. The zero-order valence-electron chi connectivity index (χ0n) is 13.8. The molecule has 2 heterocycles. The highest BCUT2D eigenvalue weighted by Gasteiger charge is 2.22. The number of hydrogen-bond acceptors (Lipinski definition) is 7. The monoisotopic (exact) mass is 348 g/mol. The van der Waals surface area contributed by atoms with Gasteiger partial charge in [-0.15, -0.1) is 0 Å². The molecule has 1 aliphatic heterocycles. The average Bonchev–Trinajstić information content (AvgIpc) is 2.74. The number of aliphatic imine (C=N–C) groups is 1. The van der Waals surface area contributed by atoms with Gasteiger partial charge in [0, 0.05) is 30.6 Å². The lowest BCUT2D eigenvalue weighted by molar-refractivity contribution is -0.181. The van der Waals surface area contributed by atoms with Crippen LogP contribution in [0.2, 0.25) is 0 Å². The zero-order valence-corrected chi connectivity index (χ0v) is 13.8. The second kappa shape index (κ2) is 8.73. The number of carbonyl (C=O) groups excluding carboxylic acids is 1. The zero-order chi connectivity index (χ0) is 18.2. The Morgan fingerprint density at radius 3 is 2.88 bits per heavy atom. The molecule has 0 atom stereocenters. The normalized spacial score (nSPS) is 13.2. The molecule has 4 N–H and O–H groups in total. The minimum atomic E-state index is -1.15. The molecule has 0 bridgehead atoms. The number of hydroxylamine groups is 2. The van der Waals surface area contributed by atoms with Crippen LogP contribution in [0.5, 0.6) is 0 Å². The van der Waals surface area contributed by atoms with Crippen molar-refractivity contribution in [3.05, 3.63) is 23.5 Å². The van der Waals surface area contributed by atoms with E-state index in [9.17, 15) is 9.59 Å². The fraction of sp³-hybridized carbons (Fsp3) is 0.400. The van der Waals surface area contributed by atoms with Crippen molar-refractivity contribution in [2.24, 2.45) is 10.7 Å². The van der Waals surface area contributed by atoms with Crippen LogP contribution in [0, 0.1) is 0 Å². The number of hydrogen-bond donors (Lipinski definition) is 3. The predicted octanol–water partition coefficient (Wildman–Crippen LogP) is 0.690. The first kappa shape index (κ1) is 18.3. The van der Waals surface area contributed by atoms with E-state index in [-0.39, 0.29) is 31.3 Å². The van der Waals surface area contributed by atoms with Crippen LogP contribution in [0.15, 0.2) is 23.0 Å². The summed E-state index contributed by atoms with van der Waals surface area (Å²) in [4.78, 5) is 32.9. The summed E-state index contributed by atoms with van der Waals surface area (Å²) in [6.07, 6.45) is 4.35. The van der Waals surface area contributed by atoms with Crippen molar-refractivity contribution in [3.8, 4) is 0 Å². The van der Waals surface area contributed by atoms with Crippen molar-refractivity contribution in [2.45, 2.75) is 19.8 Å². The van der Waals surface area contributed by atoms with Crippen LogP contribution in [-0.2, 0) is 9.63 Å². The van der Waals surface area contributed by atoms with Gasteiger partial charge >= 0.3 is 6.09 Å². The van der Waals surface area contributed by atoms with Gasteiger partial charge < -0.3 is 16.2 Å². The molecule has 0 saturated heterocycles. The maximum absolute atomic E-state index is 12.8. The Balaban J connectivity index is 2.13. The second-order valence-electron chi connectivity index (χ2n) is 5.25. The molecule has 0 radical (unpaired) electrons. The van der Waals surface area contributed by atoms with Crippen LogP contribution in [0.3, 0.4) is 0 Å². The van der Waals surface area contributed by atoms with Crippen LogP contribution in [0.25, 0.3) is 6.08 Å². The van der Waals surface area contributed by atoms with Crippen LogP contribution in [0.1, 0.15) is 25.3 Å². The van der Waals surface area contributed by atoms with Crippen molar-refractivity contribution in [2.75, 3.05) is 19.7 Å². The summed E-state index contributed by atoms with van der Waals surface area (Å²) in [5.74, 6) is -0.0599. The van der Waals surface area contributed by atoms with E-state index in [1.54, 1.807) is 6.08 Å². The number of amidine groups is 1. The van der Waals surface area contributed by atoms with Gasteiger partial charge in [0.25, 0.3) is 5.91 Å². The standard InChI is InChI=1S/C15H20N6O4/c1-2-4-21(25-5-3-17-15(23)24)14(22)10-6-11-8-18-19-9-12(11)20-13(16)7-10/h6,8-9,17H,2-5,7H2,1H3,(H2,16,20)(H,23,24). The molecule has 10 heteroatoms. The third-order valence-corrected chi connectivity index (χ3v) is 3.26. The topological polar surface area (TPSA) is 143 Å². The van der Waals surface area contributed by atoms with Crippen molar-refractivity contribution in [3.63, 3.8) is 0 Å². The van der Waals surface area contributed by atoms with Gasteiger partial charge in [-0.3, -0.25) is 9.63 Å². The molecule has 1 aromatic rings. The van der Waals surface area contributed by atoms with E-state index in [4.69, 9.17) is 15.7 Å². The molecule has 2 amide bonds. The van der Waals surface area contributed by atoms with Crippen LogP contribution in [0.4, 0.5) is 10.5 Å². The summed E-state index contributed by atoms with van der Waals surface area (Å²) in [7, 11) is 0. The van der Waals surface area contributed by atoms with Crippen molar-refractivity contribution < 1.29 is 19.5 Å². The first-order valence-corrected chi connectivity index (χ1v) is 7.77. The number of rotatable bonds is 7. The van der Waals surface area contributed by atoms with Gasteiger partial charge in [-0.25, -0.2) is 14.9 Å². The maximum Gasteiger partial charge on any atom is 0.404 e. The number of carboxylic acid groups (broad SMARTS) is 1. The van der Waals surface area contributed by atoms with E-state index in [2.05, 4.69) is 20.5 Å². The Bertz CT molecular complexity index is 703. The highest BCUT2D eigenvalue weighted by Crippen LogP contribution is 2.25. The average molecular weight is 348 g/mol. The number of fused-ring (bicyclic) bond motifs is 1. The Morgan fingerprint density at radius 2 is 2.16 bits per heavy atom. The molecule has 0 saturated carbocycles. The first-order chi connectivity index (χ1) is 12.0. The van der Waals surface area contributed by atoms with Crippen molar-refractivity contribution in [1.82, 2.24) is 20.6 Å². The molecule has 0 unspecified atom stereocenters. The minimum absolute atomic E-state index is 0.0386. The second-order valence-corrected chi connectivity index (χ2v) is 5.25. The number of amides is 2. The summed E-state index contributed by atoms with van der Waals surface area (Å²) in [5, 5.41) is 19.5. The van der Waals surface area contributed by atoms with Gasteiger partial charge in [0.05, 0.1) is 24.7 Å². The largest absolute Gasteiger partial charge is 0.465 e. The van der Waals surface area contributed by atoms with Gasteiger partial charge in [0.15, 0.2) is 0 Å². The lowest BCUT2D eigenvalue weighted by Crippen LogP contribution is -2.36. The van der Waals surface area contributed by atoms with E-state index in [1.807, 2.05) is 6.92 Å². The van der Waals surface area contributed by atoms with Gasteiger partial charge in [-0.2, -0.15) is 10.2 Å². The van der Waals surface area contributed by atoms with Crippen LogP contribution >= 0.6 is 0 Å². The minimum Gasteiger partial charge on any atom is -0.465 e. The van der Waals surface area contributed by atoms with Gasteiger partial charge in [0.1, 0.15) is 5.84 Å². The fourth-order valence-electron chi connectivity index (χ4n) is 2.20. The van der Waals surface area contributed by atoms with Crippen molar-refractivity contribution in [1.29, 1.82) is 0 Å². The third kappa shape index (κ3) is 5.24. The molecule has 134 valence electrons. The Hall–Kier alpha value is -3.01. The predicted molar refractivity (Wildman–Crippen MR) is 89.9 cm³/mol. The molecular formula is C15H20N6O4. The molecule has 2 rings (SSSR count). The quantitative estimate of drug-likeness (QED) is 0.486. The Labute approximate surface area is 144 Å². The number of aromatic nitrogens is 2. The Kier molecular flexibility index (Phi) is 6.40. The number of nitrogens with two attached hydrogens (primary N) is 1. The molecular weight excluding hydrogens is 328 g/mol. The van der Waals surface area contributed by atoms with E-state index in [0.29, 0.717) is 29.8 Å². The lowest BCUT2D eigenvalue weighted by Gasteiger charge is -2.22. The molecule has 1 aromatic heterocycles. The molecule has 0 aliphatic carbocycles. The molecule has 0 fully saturated rings. The molecule has 25 heavy (non-hydrogen) atoms. The van der Waals surface area contributed by atoms with E-state index in [1.165, 1.54) is 17.5 Å². The highest BCUT2D eigenvalue weighted by molar-refractivity contribution is 6.04. The number of nitrogens with one attached hydrogen (secondary N) is 1. The fourth-order valence-corrected chi connectivity index (χ4v) is 2.20. The lowest BCUT2D eigenvalue weighted by atomic mass is 10.1. The third-order valence-electron chi connectivity index (χ3n) is 3.26. The summed E-state index contributed by atoms with van der Waals surface area (Å²) < 4.78 is 0. The van der Waals surface area contributed by atoms with E-state index >= 15 is 0 Å². The molecule has 10 nitrogen and oxygen atoms in total. The van der Waals surface area contributed by atoms with Crippen LogP contribution in [-0.4, -0.2) is 57.9 Å². The van der Waals surface area contributed by atoms with E-state index < -0.39 is 6.09 Å². The van der Waals surface area contributed by atoms with Gasteiger partial charge in [-0.05, 0) is 12.5 Å². The van der Waals surface area contributed by atoms with Crippen LogP contribution < -0.4 is 11.1 Å². The maximum atomic E-state index is 12.8. The molecule has 0 spiro atoms. The smallest absolute Gasteiger partial charge is 0.404 e. The van der Waals surface area contributed by atoms with Crippen molar-refractivity contribution >= 4 is 29.6 Å². The van der Waals surface area contributed by atoms with E-state index in [0.717, 1.165) is 0 Å². The summed E-state index contributed by atoms with van der Waals surface area (Å²) >= 11 is 0. The molecule has 0 aromatic carbocycles. The molecule has 1 aliphatic rings. The first-order valence-electron chi connectivity index (χ1n) is 7.77. The summed E-state index contributed by atoms with van der Waals surface area (Å²) in [5.41, 5.74) is 7.48.